The van der Waals surface area contributed by atoms with Crippen LogP contribution in [0.1, 0.15) is 56.6 Å². The summed E-state index contributed by atoms with van der Waals surface area (Å²) in [6, 6.07) is 5.95. The van der Waals surface area contributed by atoms with E-state index in [0.29, 0.717) is 23.5 Å². The highest BCUT2D eigenvalue weighted by Gasteiger charge is 2.69. The molecular formula is C22H26O3. The van der Waals surface area contributed by atoms with Crippen molar-refractivity contribution in [1.29, 1.82) is 0 Å². The third-order valence-electron chi connectivity index (χ3n) is 7.96. The van der Waals surface area contributed by atoms with E-state index in [1.807, 2.05) is 12.1 Å². The molecule has 132 valence electrons. The summed E-state index contributed by atoms with van der Waals surface area (Å²) in [6.45, 7) is 3.91. The largest absolute Gasteiger partial charge is 0.508 e. The molecule has 0 radical (unpaired) electrons. The van der Waals surface area contributed by atoms with Crippen LogP contribution in [0.25, 0.3) is 0 Å². The smallest absolute Gasteiger partial charge is 0.302 e. The van der Waals surface area contributed by atoms with Gasteiger partial charge in [0.25, 0.3) is 0 Å². The van der Waals surface area contributed by atoms with E-state index in [9.17, 15) is 9.90 Å². The first-order valence-electron chi connectivity index (χ1n) is 9.63. The van der Waals surface area contributed by atoms with E-state index < -0.39 is 0 Å². The van der Waals surface area contributed by atoms with Gasteiger partial charge in [-0.25, -0.2) is 0 Å². The number of phenols is 1. The number of hydrogen-bond donors (Lipinski definition) is 1. The van der Waals surface area contributed by atoms with Crippen molar-refractivity contribution < 1.29 is 14.6 Å². The number of esters is 1. The first-order valence-corrected chi connectivity index (χ1v) is 9.63. The van der Waals surface area contributed by atoms with Crippen LogP contribution in [-0.2, 0) is 16.0 Å². The molecule has 1 spiro atoms. The number of benzene rings is 1. The van der Waals surface area contributed by atoms with Gasteiger partial charge < -0.3 is 9.84 Å². The van der Waals surface area contributed by atoms with E-state index in [-0.39, 0.29) is 22.9 Å². The van der Waals surface area contributed by atoms with Gasteiger partial charge in [0.1, 0.15) is 11.9 Å². The van der Waals surface area contributed by atoms with Crippen molar-refractivity contribution in [3.05, 3.63) is 41.5 Å². The Balaban J connectivity index is 1.57. The molecule has 2 bridgehead atoms. The molecule has 1 N–H and O–H groups in total. The van der Waals surface area contributed by atoms with Crippen molar-refractivity contribution in [3.8, 4) is 5.75 Å². The third-order valence-corrected chi connectivity index (χ3v) is 7.96. The maximum absolute atomic E-state index is 11.7. The molecule has 2 saturated carbocycles. The predicted octanol–water partition coefficient (Wildman–Crippen LogP) is 4.35. The van der Waals surface area contributed by atoms with Gasteiger partial charge in [-0.1, -0.05) is 25.1 Å². The van der Waals surface area contributed by atoms with Crippen LogP contribution >= 0.6 is 0 Å². The van der Waals surface area contributed by atoms with Crippen molar-refractivity contribution in [2.75, 3.05) is 0 Å². The molecule has 4 aliphatic rings. The second-order valence-corrected chi connectivity index (χ2v) is 8.89. The number of aryl methyl sites for hydroxylation is 1. The highest BCUT2D eigenvalue weighted by Crippen LogP contribution is 2.73. The SMILES string of the molecule is CC(=O)O[C@H]1[C@H]2C=C[C@@]3(C2)[C@@H]2CCc4cc(O)ccc4[C@H]2CC[C@]13C. The first kappa shape index (κ1) is 15.5. The number of fused-ring (bicyclic) bond motifs is 4. The molecule has 4 aliphatic carbocycles. The Morgan fingerprint density at radius 3 is 2.96 bits per heavy atom. The second kappa shape index (κ2) is 4.90. The summed E-state index contributed by atoms with van der Waals surface area (Å²) in [5.41, 5.74) is 3.00. The van der Waals surface area contributed by atoms with Crippen molar-refractivity contribution in [3.63, 3.8) is 0 Å². The van der Waals surface area contributed by atoms with Crippen LogP contribution in [0.3, 0.4) is 0 Å². The first-order chi connectivity index (χ1) is 11.9. The molecule has 5 rings (SSSR count). The molecule has 25 heavy (non-hydrogen) atoms. The van der Waals surface area contributed by atoms with Crippen LogP contribution in [0.15, 0.2) is 30.4 Å². The minimum absolute atomic E-state index is 0.0390. The quantitative estimate of drug-likeness (QED) is 0.612. The van der Waals surface area contributed by atoms with Crippen molar-refractivity contribution in [1.82, 2.24) is 0 Å². The number of aromatic hydroxyl groups is 1. The molecule has 0 unspecified atom stereocenters. The lowest BCUT2D eigenvalue weighted by molar-refractivity contribution is -0.161. The number of rotatable bonds is 1. The fraction of sp³-hybridized carbons (Fsp3) is 0.591. The van der Waals surface area contributed by atoms with E-state index in [0.717, 1.165) is 25.7 Å². The molecule has 0 amide bonds. The Morgan fingerprint density at radius 1 is 1.32 bits per heavy atom. The second-order valence-electron chi connectivity index (χ2n) is 8.89. The molecule has 2 fully saturated rings. The van der Waals surface area contributed by atoms with Crippen LogP contribution < -0.4 is 0 Å². The summed E-state index contributed by atoms with van der Waals surface area (Å²) >= 11 is 0. The maximum atomic E-state index is 11.7. The van der Waals surface area contributed by atoms with Crippen LogP contribution in [0.5, 0.6) is 5.75 Å². The Morgan fingerprint density at radius 2 is 2.16 bits per heavy atom. The topological polar surface area (TPSA) is 46.5 Å². The summed E-state index contributed by atoms with van der Waals surface area (Å²) in [4.78, 5) is 11.7. The zero-order chi connectivity index (χ0) is 17.4. The van der Waals surface area contributed by atoms with Gasteiger partial charge in [0.15, 0.2) is 0 Å². The monoisotopic (exact) mass is 338 g/mol. The van der Waals surface area contributed by atoms with Gasteiger partial charge in [-0.15, -0.1) is 0 Å². The lowest BCUT2D eigenvalue weighted by Gasteiger charge is -2.57. The van der Waals surface area contributed by atoms with Crippen LogP contribution in [0.2, 0.25) is 0 Å². The summed E-state index contributed by atoms with van der Waals surface area (Å²) < 4.78 is 5.85. The Labute approximate surface area is 149 Å². The van der Waals surface area contributed by atoms with Gasteiger partial charge in [0, 0.05) is 23.7 Å². The van der Waals surface area contributed by atoms with E-state index in [1.165, 1.54) is 17.5 Å². The summed E-state index contributed by atoms with van der Waals surface area (Å²) in [6.07, 6.45) is 10.4. The van der Waals surface area contributed by atoms with Crippen LogP contribution in [0.4, 0.5) is 0 Å². The summed E-state index contributed by atoms with van der Waals surface area (Å²) in [7, 11) is 0. The highest BCUT2D eigenvalue weighted by molar-refractivity contribution is 5.66. The molecule has 0 saturated heterocycles. The average molecular weight is 338 g/mol. The van der Waals surface area contributed by atoms with Gasteiger partial charge in [-0.05, 0) is 67.2 Å². The number of ether oxygens (including phenoxy) is 1. The summed E-state index contributed by atoms with van der Waals surface area (Å²) in [5, 5.41) is 9.84. The maximum Gasteiger partial charge on any atom is 0.302 e. The Hall–Kier alpha value is -1.77. The van der Waals surface area contributed by atoms with Gasteiger partial charge >= 0.3 is 5.97 Å². The molecule has 0 aliphatic heterocycles. The van der Waals surface area contributed by atoms with Crippen molar-refractivity contribution in [2.45, 2.75) is 58.0 Å². The number of carbonyl (C=O) groups excluding carboxylic acids is 1. The molecule has 1 aromatic rings. The molecule has 0 heterocycles. The van der Waals surface area contributed by atoms with E-state index in [1.54, 1.807) is 6.92 Å². The van der Waals surface area contributed by atoms with Gasteiger partial charge in [0.2, 0.25) is 0 Å². The van der Waals surface area contributed by atoms with E-state index in [2.05, 4.69) is 25.1 Å². The zero-order valence-electron chi connectivity index (χ0n) is 15.0. The molecular weight excluding hydrogens is 312 g/mol. The number of carbonyl (C=O) groups is 1. The fourth-order valence-corrected chi connectivity index (χ4v) is 6.99. The zero-order valence-corrected chi connectivity index (χ0v) is 15.0. The highest BCUT2D eigenvalue weighted by atomic mass is 16.5. The number of hydrogen-bond acceptors (Lipinski definition) is 3. The number of phenolic OH excluding ortho intramolecular Hbond substituents is 1. The van der Waals surface area contributed by atoms with Crippen LogP contribution in [-0.4, -0.2) is 17.2 Å². The standard InChI is InChI=1S/C22H26O3/c1-13(23)25-20-15-7-10-22(12-15)19-6-3-14-11-16(24)4-5-17(14)18(19)8-9-21(20,22)2/h4-5,7,10-11,15,18-20,24H,3,6,8-9,12H2,1-2H3/t15-,18+,19+,20-,21+,22+/m0/s1. The minimum Gasteiger partial charge on any atom is -0.508 e. The van der Waals surface area contributed by atoms with Gasteiger partial charge in [-0.2, -0.15) is 0 Å². The van der Waals surface area contributed by atoms with Crippen molar-refractivity contribution >= 4 is 5.97 Å². The number of allylic oxidation sites excluding steroid dienone is 1. The van der Waals surface area contributed by atoms with Gasteiger partial charge in [-0.3, -0.25) is 4.79 Å². The molecule has 3 heteroatoms. The molecule has 3 nitrogen and oxygen atoms in total. The summed E-state index contributed by atoms with van der Waals surface area (Å²) in [5.74, 6) is 1.80. The van der Waals surface area contributed by atoms with Gasteiger partial charge in [0.05, 0.1) is 0 Å². The van der Waals surface area contributed by atoms with E-state index >= 15 is 0 Å². The average Bonchev–Trinajstić information content (AvgIpc) is 3.10. The molecule has 0 aromatic heterocycles. The molecule has 1 aromatic carbocycles. The predicted molar refractivity (Wildman–Crippen MR) is 95.2 cm³/mol. The third kappa shape index (κ3) is 1.84. The van der Waals surface area contributed by atoms with E-state index in [4.69, 9.17) is 4.74 Å². The molecule has 6 atom stereocenters. The van der Waals surface area contributed by atoms with Crippen LogP contribution in [0, 0.1) is 22.7 Å². The lowest BCUT2D eigenvalue weighted by Crippen LogP contribution is -2.53. The van der Waals surface area contributed by atoms with Crippen molar-refractivity contribution in [2.24, 2.45) is 22.7 Å². The Bertz CT molecular complexity index is 781. The Kier molecular flexibility index (Phi) is 3.03. The minimum atomic E-state index is -0.145. The fourth-order valence-electron chi connectivity index (χ4n) is 6.99. The lowest BCUT2D eigenvalue weighted by atomic mass is 9.47. The normalized spacial score (nSPS) is 43.3.